The second-order valence-electron chi connectivity index (χ2n) is 6.37. The molecule has 4 rings (SSSR count). The Balaban J connectivity index is 1.65. The van der Waals surface area contributed by atoms with Crippen LogP contribution in [-0.4, -0.2) is 40.3 Å². The average molecular weight is 391 g/mol. The predicted octanol–water partition coefficient (Wildman–Crippen LogP) is 3.28. The molecule has 0 radical (unpaired) electrons. The molecule has 1 fully saturated rings. The van der Waals surface area contributed by atoms with Crippen molar-refractivity contribution in [2.45, 2.75) is 30.7 Å². The Morgan fingerprint density at radius 2 is 2.12 bits per heavy atom. The number of pyridine rings is 1. The SMILES string of the molecule is CCn1c(C2CCN(S(=O)(=O)c3cccc(Cl)c3)C2)nc2cccnc21. The van der Waals surface area contributed by atoms with Crippen molar-refractivity contribution in [3.8, 4) is 0 Å². The fraction of sp³-hybridized carbons (Fsp3) is 0.333. The van der Waals surface area contributed by atoms with Gasteiger partial charge in [0.25, 0.3) is 0 Å². The summed E-state index contributed by atoms with van der Waals surface area (Å²) in [6.45, 7) is 3.69. The number of nitrogens with zero attached hydrogens (tertiary/aromatic N) is 4. The molecule has 3 aromatic rings. The molecule has 0 bridgehead atoms. The molecule has 2 aromatic heterocycles. The lowest BCUT2D eigenvalue weighted by Crippen LogP contribution is -2.29. The summed E-state index contributed by atoms with van der Waals surface area (Å²) < 4.78 is 29.4. The van der Waals surface area contributed by atoms with Crippen molar-refractivity contribution in [1.29, 1.82) is 0 Å². The van der Waals surface area contributed by atoms with Crippen molar-refractivity contribution in [2.75, 3.05) is 13.1 Å². The van der Waals surface area contributed by atoms with Gasteiger partial charge in [-0.05, 0) is 43.7 Å². The summed E-state index contributed by atoms with van der Waals surface area (Å²) >= 11 is 5.96. The zero-order valence-electron chi connectivity index (χ0n) is 14.3. The molecular formula is C18H19ClN4O2S. The third kappa shape index (κ3) is 2.90. The standard InChI is InChI=1S/C18H19ClN4O2S/c1-2-23-17(21-16-7-4-9-20-18(16)23)13-8-10-22(12-13)26(24,25)15-6-3-5-14(19)11-15/h3-7,9,11,13H,2,8,10,12H2,1H3. The average Bonchev–Trinajstić information content (AvgIpc) is 3.26. The molecule has 0 amide bonds. The number of aromatic nitrogens is 3. The van der Waals surface area contributed by atoms with E-state index in [1.54, 1.807) is 24.4 Å². The Labute approximate surface area is 157 Å². The molecule has 1 unspecified atom stereocenters. The molecule has 0 spiro atoms. The van der Waals surface area contributed by atoms with Crippen LogP contribution in [0.4, 0.5) is 0 Å². The van der Waals surface area contributed by atoms with Crippen molar-refractivity contribution < 1.29 is 8.42 Å². The van der Waals surface area contributed by atoms with Gasteiger partial charge in [-0.1, -0.05) is 17.7 Å². The zero-order chi connectivity index (χ0) is 18.3. The molecule has 6 nitrogen and oxygen atoms in total. The highest BCUT2D eigenvalue weighted by Gasteiger charge is 2.35. The van der Waals surface area contributed by atoms with Gasteiger partial charge in [-0.15, -0.1) is 0 Å². The van der Waals surface area contributed by atoms with Gasteiger partial charge in [0, 0.05) is 36.8 Å². The number of aryl methyl sites for hydroxylation is 1. The van der Waals surface area contributed by atoms with E-state index in [-0.39, 0.29) is 10.8 Å². The highest BCUT2D eigenvalue weighted by Crippen LogP contribution is 2.32. The number of sulfonamides is 1. The number of hydrogen-bond donors (Lipinski definition) is 0. The smallest absolute Gasteiger partial charge is 0.243 e. The van der Waals surface area contributed by atoms with Crippen molar-refractivity contribution in [3.63, 3.8) is 0 Å². The number of halogens is 1. The maximum absolute atomic E-state index is 12.9. The summed E-state index contributed by atoms with van der Waals surface area (Å²) in [6.07, 6.45) is 2.49. The maximum atomic E-state index is 12.9. The Kier molecular flexibility index (Phi) is 4.46. The van der Waals surface area contributed by atoms with Crippen LogP contribution in [-0.2, 0) is 16.6 Å². The maximum Gasteiger partial charge on any atom is 0.243 e. The van der Waals surface area contributed by atoms with E-state index in [0.717, 1.165) is 30.0 Å². The lowest BCUT2D eigenvalue weighted by atomic mass is 10.1. The van der Waals surface area contributed by atoms with E-state index >= 15 is 0 Å². The van der Waals surface area contributed by atoms with Crippen LogP contribution >= 0.6 is 11.6 Å². The molecule has 1 aliphatic heterocycles. The Morgan fingerprint density at radius 1 is 1.27 bits per heavy atom. The highest BCUT2D eigenvalue weighted by atomic mass is 35.5. The molecule has 0 saturated carbocycles. The quantitative estimate of drug-likeness (QED) is 0.685. The number of fused-ring (bicyclic) bond motifs is 1. The van der Waals surface area contributed by atoms with Crippen molar-refractivity contribution in [3.05, 3.63) is 53.4 Å². The van der Waals surface area contributed by atoms with E-state index in [4.69, 9.17) is 16.6 Å². The summed E-state index contributed by atoms with van der Waals surface area (Å²) in [5, 5.41) is 0.417. The van der Waals surface area contributed by atoms with Gasteiger partial charge < -0.3 is 4.57 Å². The third-order valence-corrected chi connectivity index (χ3v) is 6.90. The fourth-order valence-electron chi connectivity index (χ4n) is 3.53. The second-order valence-corrected chi connectivity index (χ2v) is 8.74. The number of benzene rings is 1. The van der Waals surface area contributed by atoms with Crippen molar-refractivity contribution in [2.24, 2.45) is 0 Å². The molecule has 3 heterocycles. The van der Waals surface area contributed by atoms with Crippen molar-refractivity contribution in [1.82, 2.24) is 18.8 Å². The largest absolute Gasteiger partial charge is 0.313 e. The fourth-order valence-corrected chi connectivity index (χ4v) is 5.33. The van der Waals surface area contributed by atoms with E-state index < -0.39 is 10.0 Å². The van der Waals surface area contributed by atoms with Crippen LogP contribution in [0.1, 0.15) is 25.1 Å². The number of rotatable bonds is 4. The van der Waals surface area contributed by atoms with Gasteiger partial charge in [0.05, 0.1) is 4.90 Å². The van der Waals surface area contributed by atoms with Crippen LogP contribution in [0.2, 0.25) is 5.02 Å². The molecule has 1 aromatic carbocycles. The predicted molar refractivity (Wildman–Crippen MR) is 101 cm³/mol. The number of hydrogen-bond acceptors (Lipinski definition) is 4. The Bertz CT molecular complexity index is 1060. The summed E-state index contributed by atoms with van der Waals surface area (Å²) in [6, 6.07) is 10.2. The van der Waals surface area contributed by atoms with Gasteiger partial charge in [0.15, 0.2) is 5.65 Å². The molecule has 8 heteroatoms. The molecular weight excluding hydrogens is 372 g/mol. The lowest BCUT2D eigenvalue weighted by molar-refractivity contribution is 0.469. The summed E-state index contributed by atoms with van der Waals surface area (Å²) in [5.74, 6) is 0.961. The minimum atomic E-state index is -3.56. The van der Waals surface area contributed by atoms with E-state index in [1.807, 2.05) is 12.1 Å². The third-order valence-electron chi connectivity index (χ3n) is 4.80. The van der Waals surface area contributed by atoms with Gasteiger partial charge in [-0.3, -0.25) is 0 Å². The van der Waals surface area contributed by atoms with Gasteiger partial charge in [-0.2, -0.15) is 4.31 Å². The highest BCUT2D eigenvalue weighted by molar-refractivity contribution is 7.89. The molecule has 136 valence electrons. The van der Waals surface area contributed by atoms with E-state index in [1.165, 1.54) is 10.4 Å². The number of imidazole rings is 1. The van der Waals surface area contributed by atoms with Crippen LogP contribution in [0, 0.1) is 0 Å². The first-order valence-electron chi connectivity index (χ1n) is 8.57. The van der Waals surface area contributed by atoms with Crippen LogP contribution in [0.3, 0.4) is 0 Å². The normalized spacial score (nSPS) is 18.6. The monoisotopic (exact) mass is 390 g/mol. The first-order valence-corrected chi connectivity index (χ1v) is 10.4. The van der Waals surface area contributed by atoms with E-state index in [0.29, 0.717) is 18.1 Å². The second kappa shape index (κ2) is 6.64. The zero-order valence-corrected chi connectivity index (χ0v) is 15.9. The summed E-state index contributed by atoms with van der Waals surface area (Å²) in [4.78, 5) is 9.38. The Hall–Kier alpha value is -1.96. The minimum Gasteiger partial charge on any atom is -0.313 e. The topological polar surface area (TPSA) is 68.1 Å². The molecule has 1 aliphatic rings. The lowest BCUT2D eigenvalue weighted by Gasteiger charge is -2.17. The Morgan fingerprint density at radius 3 is 2.88 bits per heavy atom. The van der Waals surface area contributed by atoms with E-state index in [9.17, 15) is 8.42 Å². The van der Waals surface area contributed by atoms with Crippen molar-refractivity contribution >= 4 is 32.8 Å². The van der Waals surface area contributed by atoms with Gasteiger partial charge in [0.1, 0.15) is 11.3 Å². The minimum absolute atomic E-state index is 0.0538. The van der Waals surface area contributed by atoms with Gasteiger partial charge in [-0.25, -0.2) is 18.4 Å². The first kappa shape index (κ1) is 17.5. The molecule has 26 heavy (non-hydrogen) atoms. The van der Waals surface area contributed by atoms with Crippen LogP contribution in [0.15, 0.2) is 47.5 Å². The van der Waals surface area contributed by atoms with Crippen LogP contribution in [0.5, 0.6) is 0 Å². The van der Waals surface area contributed by atoms with Crippen LogP contribution < -0.4 is 0 Å². The molecule has 0 N–H and O–H groups in total. The first-order chi connectivity index (χ1) is 12.5. The summed E-state index contributed by atoms with van der Waals surface area (Å²) in [7, 11) is -3.56. The molecule has 1 atom stereocenters. The van der Waals surface area contributed by atoms with Gasteiger partial charge >= 0.3 is 0 Å². The molecule has 0 aliphatic carbocycles. The van der Waals surface area contributed by atoms with Crippen LogP contribution in [0.25, 0.3) is 11.2 Å². The summed E-state index contributed by atoms with van der Waals surface area (Å²) in [5.41, 5.74) is 1.70. The van der Waals surface area contributed by atoms with Gasteiger partial charge in [0.2, 0.25) is 10.0 Å². The van der Waals surface area contributed by atoms with E-state index in [2.05, 4.69) is 16.5 Å². The molecule has 1 saturated heterocycles.